The first-order valence-corrected chi connectivity index (χ1v) is 12.4. The zero-order chi connectivity index (χ0) is 21.9. The van der Waals surface area contributed by atoms with Crippen molar-refractivity contribution in [2.75, 3.05) is 10.0 Å². The minimum absolute atomic E-state index is 0.110. The monoisotopic (exact) mass is 449 g/mol. The highest BCUT2D eigenvalue weighted by atomic mass is 32.2. The molecule has 0 spiro atoms. The zero-order valence-electron chi connectivity index (χ0n) is 18.1. The molecule has 0 aliphatic rings. The Kier molecular flexibility index (Phi) is 9.25. The van der Waals surface area contributed by atoms with E-state index in [1.807, 2.05) is 23.6 Å². The van der Waals surface area contributed by atoms with Gasteiger partial charge in [0.2, 0.25) is 5.91 Å². The van der Waals surface area contributed by atoms with Crippen molar-refractivity contribution in [2.45, 2.75) is 43.8 Å². The van der Waals surface area contributed by atoms with Gasteiger partial charge >= 0.3 is 0 Å². The van der Waals surface area contributed by atoms with Crippen LogP contribution >= 0.6 is 23.3 Å². The second kappa shape index (κ2) is 12.4. The van der Waals surface area contributed by atoms with Crippen LogP contribution in [0, 0.1) is 0 Å². The van der Waals surface area contributed by atoms with Crippen molar-refractivity contribution in [1.29, 1.82) is 0 Å². The van der Waals surface area contributed by atoms with Crippen LogP contribution in [0.25, 0.3) is 17.3 Å². The van der Waals surface area contributed by atoms with E-state index in [-0.39, 0.29) is 5.91 Å². The fourth-order valence-corrected chi connectivity index (χ4v) is 4.43. The first-order valence-electron chi connectivity index (χ1n) is 10.7. The van der Waals surface area contributed by atoms with Crippen LogP contribution in [-0.4, -0.2) is 18.7 Å². The summed E-state index contributed by atoms with van der Waals surface area (Å²) in [5.41, 5.74) is 4.11. The number of allylic oxidation sites excluding steroid dienone is 1. The van der Waals surface area contributed by atoms with E-state index in [2.05, 4.69) is 65.4 Å². The molecule has 31 heavy (non-hydrogen) atoms. The van der Waals surface area contributed by atoms with Gasteiger partial charge < -0.3 is 10.0 Å². The number of benzene rings is 2. The van der Waals surface area contributed by atoms with Gasteiger partial charge in [0, 0.05) is 28.5 Å². The number of aromatic nitrogens is 1. The van der Waals surface area contributed by atoms with Crippen LogP contribution < -0.4 is 10.0 Å². The molecule has 0 saturated carbocycles. The summed E-state index contributed by atoms with van der Waals surface area (Å²) < 4.78 is 3.41. The highest BCUT2D eigenvalue weighted by Gasteiger charge is 2.06. The minimum atomic E-state index is -0.110. The largest absolute Gasteiger partial charge is 0.326 e. The second-order valence-electron chi connectivity index (χ2n) is 7.32. The Morgan fingerprint density at radius 3 is 2.77 bits per heavy atom. The Morgan fingerprint density at radius 2 is 2.00 bits per heavy atom. The van der Waals surface area contributed by atoms with Gasteiger partial charge in [-0.1, -0.05) is 55.6 Å². The van der Waals surface area contributed by atoms with Crippen LogP contribution in [0.2, 0.25) is 6.32 Å². The van der Waals surface area contributed by atoms with Crippen molar-refractivity contribution in [3.8, 4) is 11.3 Å². The first kappa shape index (κ1) is 23.2. The van der Waals surface area contributed by atoms with E-state index in [1.54, 1.807) is 11.9 Å². The van der Waals surface area contributed by atoms with Crippen molar-refractivity contribution in [1.82, 2.24) is 4.98 Å². The lowest BCUT2D eigenvalue weighted by Gasteiger charge is -2.07. The Labute approximate surface area is 194 Å². The van der Waals surface area contributed by atoms with E-state index in [9.17, 15) is 4.79 Å². The molecule has 0 bridgehead atoms. The van der Waals surface area contributed by atoms with Gasteiger partial charge in [0.25, 0.3) is 0 Å². The lowest BCUT2D eigenvalue weighted by molar-refractivity contribution is -0.114. The van der Waals surface area contributed by atoms with Gasteiger partial charge in [-0.15, -0.1) is 11.3 Å². The molecule has 4 nitrogen and oxygen atoms in total. The van der Waals surface area contributed by atoms with E-state index < -0.39 is 0 Å². The number of nitrogens with one attached hydrogen (secondary N) is 2. The Bertz CT molecular complexity index is 1000. The van der Waals surface area contributed by atoms with Crippen molar-refractivity contribution in [2.24, 2.45) is 0 Å². The summed E-state index contributed by atoms with van der Waals surface area (Å²) in [5.74, 6) is -0.110. The molecule has 1 aromatic heterocycles. The van der Waals surface area contributed by atoms with Crippen LogP contribution in [-0.2, 0) is 4.79 Å². The molecule has 2 N–H and O–H groups in total. The normalized spacial score (nSPS) is 11.0. The molecule has 3 rings (SSSR count). The van der Waals surface area contributed by atoms with Crippen LogP contribution in [0.1, 0.15) is 38.2 Å². The van der Waals surface area contributed by atoms with E-state index in [0.717, 1.165) is 28.3 Å². The summed E-state index contributed by atoms with van der Waals surface area (Å²) in [6.45, 7) is 1.49. The van der Waals surface area contributed by atoms with Gasteiger partial charge in [-0.2, -0.15) is 0 Å². The van der Waals surface area contributed by atoms with Crippen molar-refractivity contribution in [3.05, 3.63) is 65.6 Å². The number of amides is 1. The van der Waals surface area contributed by atoms with E-state index in [4.69, 9.17) is 0 Å². The topological polar surface area (TPSA) is 54.0 Å². The summed E-state index contributed by atoms with van der Waals surface area (Å²) in [4.78, 5) is 16.8. The molecular weight excluding hydrogens is 421 g/mol. The van der Waals surface area contributed by atoms with Crippen LogP contribution in [0.4, 0.5) is 10.8 Å². The van der Waals surface area contributed by atoms with E-state index >= 15 is 0 Å². The number of thiazole rings is 1. The third-order valence-corrected chi connectivity index (χ3v) is 6.25. The number of hydrogen-bond acceptors (Lipinski definition) is 5. The predicted molar refractivity (Wildman–Crippen MR) is 139 cm³/mol. The third kappa shape index (κ3) is 7.92. The van der Waals surface area contributed by atoms with Crippen LogP contribution in [0.15, 0.2) is 64.9 Å². The number of anilines is 2. The fourth-order valence-electron chi connectivity index (χ4n) is 3.03. The molecule has 3 aromatic rings. The molecule has 1 heterocycles. The van der Waals surface area contributed by atoms with Gasteiger partial charge in [0.15, 0.2) is 5.13 Å². The summed E-state index contributed by atoms with van der Waals surface area (Å²) in [5, 5.41) is 5.30. The highest BCUT2D eigenvalue weighted by Crippen LogP contribution is 2.29. The molecule has 0 atom stereocenters. The highest BCUT2D eigenvalue weighted by molar-refractivity contribution is 8.00. The summed E-state index contributed by atoms with van der Waals surface area (Å²) in [6.07, 6.45) is 10.8. The average Bonchev–Trinajstić information content (AvgIpc) is 3.23. The van der Waals surface area contributed by atoms with Gasteiger partial charge in [-0.25, -0.2) is 4.98 Å². The number of rotatable bonds is 11. The van der Waals surface area contributed by atoms with Gasteiger partial charge in [0.1, 0.15) is 7.85 Å². The molecule has 0 aliphatic heterocycles. The molecule has 0 aliphatic carbocycles. The maximum absolute atomic E-state index is 11.2. The lowest BCUT2D eigenvalue weighted by Crippen LogP contribution is -2.04. The Morgan fingerprint density at radius 1 is 1.16 bits per heavy atom. The third-order valence-electron chi connectivity index (χ3n) is 4.65. The second-order valence-corrected chi connectivity index (χ2v) is 9.06. The summed E-state index contributed by atoms with van der Waals surface area (Å²) >= 11 is 3.01. The molecule has 2 aromatic carbocycles. The van der Waals surface area contributed by atoms with Crippen molar-refractivity contribution >= 4 is 53.9 Å². The molecule has 0 radical (unpaired) electrons. The average molecular weight is 449 g/mol. The van der Waals surface area contributed by atoms with Gasteiger partial charge in [-0.05, 0) is 54.6 Å². The fraction of sp³-hybridized carbons (Fsp3) is 0.250. The quantitative estimate of drug-likeness (QED) is 0.199. The summed E-state index contributed by atoms with van der Waals surface area (Å²) in [6, 6.07) is 16.7. The molecule has 1 amide bonds. The molecule has 7 heteroatoms. The number of hydrogen-bond donors (Lipinski definition) is 2. The van der Waals surface area contributed by atoms with E-state index in [0.29, 0.717) is 5.13 Å². The molecule has 0 fully saturated rings. The molecule has 0 unspecified atom stereocenters. The molecular formula is C24H28BN3OS2. The smallest absolute Gasteiger partial charge is 0.223 e. The Balaban J connectivity index is 1.52. The molecule has 160 valence electrons. The van der Waals surface area contributed by atoms with E-state index in [1.165, 1.54) is 49.4 Å². The van der Waals surface area contributed by atoms with Gasteiger partial charge in [0.05, 0.1) is 5.69 Å². The predicted octanol–water partition coefficient (Wildman–Crippen LogP) is 6.51. The molecule has 0 saturated heterocycles. The number of nitrogens with zero attached hydrogens (tertiary/aromatic N) is 1. The SMILES string of the molecule is BCCCCC/C=C\c1ccc(SNc2cccc(-c3csc(NC(C)=O)n3)c2)cc1. The zero-order valence-corrected chi connectivity index (χ0v) is 19.7. The maximum Gasteiger partial charge on any atom is 0.223 e. The van der Waals surface area contributed by atoms with Crippen molar-refractivity contribution < 1.29 is 4.79 Å². The summed E-state index contributed by atoms with van der Waals surface area (Å²) in [7, 11) is 2.24. The van der Waals surface area contributed by atoms with Crippen LogP contribution in [0.5, 0.6) is 0 Å². The van der Waals surface area contributed by atoms with Crippen molar-refractivity contribution in [3.63, 3.8) is 0 Å². The first-order chi connectivity index (χ1) is 15.1. The number of unbranched alkanes of at least 4 members (excludes halogenated alkanes) is 3. The van der Waals surface area contributed by atoms with Gasteiger partial charge in [-0.3, -0.25) is 4.79 Å². The number of carbonyl (C=O) groups excluding carboxylic acids is 1. The minimum Gasteiger partial charge on any atom is -0.326 e. The maximum atomic E-state index is 11.2. The Hall–Kier alpha value is -2.51. The number of carbonyl (C=O) groups is 1. The lowest BCUT2D eigenvalue weighted by atomic mass is 9.99. The standard InChI is InChI=1S/C24H28BN3OS2/c1-18(29)26-24-27-23(17-30-24)20-9-7-10-21(16-20)28-31-22-13-11-19(12-14-22)8-5-3-2-4-6-15-25/h5,7-14,16-17,28H,2-4,6,15,25H2,1H3,(H,26,27,29)/b8-5-. The van der Waals surface area contributed by atoms with Crippen LogP contribution in [0.3, 0.4) is 0 Å².